The molecule has 0 bridgehead atoms. The van der Waals surface area contributed by atoms with Crippen LogP contribution in [0.15, 0.2) is 60.7 Å². The predicted octanol–water partition coefficient (Wildman–Crippen LogP) is 5.65. The maximum Gasteiger partial charge on any atom is 0.490 e. The second-order valence-corrected chi connectivity index (χ2v) is 10.1. The highest BCUT2D eigenvalue weighted by Gasteiger charge is 2.38. The van der Waals surface area contributed by atoms with Crippen LogP contribution in [-0.2, 0) is 11.3 Å². The van der Waals surface area contributed by atoms with Gasteiger partial charge in [-0.1, -0.05) is 24.3 Å². The molecule has 0 atom stereocenters. The van der Waals surface area contributed by atoms with Crippen LogP contribution in [0.4, 0.5) is 23.2 Å². The van der Waals surface area contributed by atoms with Crippen LogP contribution >= 0.6 is 11.3 Å². The van der Waals surface area contributed by atoms with E-state index >= 15 is 0 Å². The van der Waals surface area contributed by atoms with Gasteiger partial charge in [-0.2, -0.15) is 13.2 Å². The Labute approximate surface area is 222 Å². The van der Waals surface area contributed by atoms with E-state index in [0.29, 0.717) is 4.88 Å². The van der Waals surface area contributed by atoms with Crippen LogP contribution in [0, 0.1) is 5.82 Å². The molecular weight excluding hydrogens is 522 g/mol. The molecule has 1 aliphatic heterocycles. The second-order valence-electron chi connectivity index (χ2n) is 9.06. The van der Waals surface area contributed by atoms with Crippen molar-refractivity contribution < 1.29 is 32.3 Å². The summed E-state index contributed by atoms with van der Waals surface area (Å²) in [6.45, 7) is 2.88. The number of benzene rings is 2. The van der Waals surface area contributed by atoms with Gasteiger partial charge < -0.3 is 15.3 Å². The topological polar surface area (TPSA) is 72.9 Å². The highest BCUT2D eigenvalue weighted by Crippen LogP contribution is 2.29. The number of carbonyl (C=O) groups is 2. The van der Waals surface area contributed by atoms with Gasteiger partial charge in [-0.15, -0.1) is 11.3 Å². The summed E-state index contributed by atoms with van der Waals surface area (Å²) < 4.78 is 45.2. The number of carboxylic acid groups (broad SMARTS) is 1. The van der Waals surface area contributed by atoms with Gasteiger partial charge in [0.05, 0.1) is 4.88 Å². The molecule has 1 amide bonds. The SMILES string of the molecule is CN(C)c1ccc(CN2CCC(NC(=O)c3ccc(-c4cccc(F)c4)s3)CC2)cc1.O=C(O)C(F)(F)F. The quantitative estimate of drug-likeness (QED) is 0.388. The van der Waals surface area contributed by atoms with Crippen LogP contribution in [0.3, 0.4) is 0 Å². The third-order valence-corrected chi connectivity index (χ3v) is 7.10. The fourth-order valence-corrected chi connectivity index (χ4v) is 4.81. The average Bonchev–Trinajstić information content (AvgIpc) is 3.36. The lowest BCUT2D eigenvalue weighted by Gasteiger charge is -2.32. The van der Waals surface area contributed by atoms with Gasteiger partial charge in [0.2, 0.25) is 0 Å². The van der Waals surface area contributed by atoms with Gasteiger partial charge in [0.15, 0.2) is 0 Å². The van der Waals surface area contributed by atoms with E-state index < -0.39 is 12.1 Å². The van der Waals surface area contributed by atoms with E-state index in [9.17, 15) is 22.4 Å². The van der Waals surface area contributed by atoms with Crippen molar-refractivity contribution >= 4 is 28.9 Å². The molecule has 2 aromatic carbocycles. The fourth-order valence-electron chi connectivity index (χ4n) is 3.91. The maximum absolute atomic E-state index is 13.5. The summed E-state index contributed by atoms with van der Waals surface area (Å²) in [6.07, 6.45) is -3.19. The van der Waals surface area contributed by atoms with Crippen LogP contribution in [-0.4, -0.2) is 61.3 Å². The van der Waals surface area contributed by atoms with E-state index in [4.69, 9.17) is 9.90 Å². The zero-order chi connectivity index (χ0) is 27.9. The number of nitrogens with one attached hydrogen (secondary N) is 1. The number of hydrogen-bond acceptors (Lipinski definition) is 5. The van der Waals surface area contributed by atoms with Crippen molar-refractivity contribution in [3.8, 4) is 10.4 Å². The molecule has 0 radical (unpaired) electrons. The van der Waals surface area contributed by atoms with Crippen molar-refractivity contribution in [3.05, 3.63) is 76.9 Å². The van der Waals surface area contributed by atoms with E-state index in [1.54, 1.807) is 6.07 Å². The third kappa shape index (κ3) is 8.56. The Kier molecular flexibility index (Phi) is 9.87. The zero-order valence-electron chi connectivity index (χ0n) is 21.0. The maximum atomic E-state index is 13.5. The summed E-state index contributed by atoms with van der Waals surface area (Å²) in [7, 11) is 4.10. The van der Waals surface area contributed by atoms with Gasteiger partial charge in [-0.05, 0) is 60.4 Å². The van der Waals surface area contributed by atoms with Crippen molar-refractivity contribution in [2.75, 3.05) is 32.1 Å². The molecule has 38 heavy (non-hydrogen) atoms. The first kappa shape index (κ1) is 29.1. The molecule has 1 aromatic heterocycles. The highest BCUT2D eigenvalue weighted by atomic mass is 32.1. The van der Waals surface area contributed by atoms with Gasteiger partial charge in [0.1, 0.15) is 5.82 Å². The molecule has 6 nitrogen and oxygen atoms in total. The monoisotopic (exact) mass is 551 g/mol. The van der Waals surface area contributed by atoms with E-state index in [0.717, 1.165) is 42.9 Å². The number of piperidine rings is 1. The largest absolute Gasteiger partial charge is 0.490 e. The molecule has 2 heterocycles. The van der Waals surface area contributed by atoms with Gasteiger partial charge in [0, 0.05) is 50.3 Å². The minimum atomic E-state index is -5.08. The zero-order valence-corrected chi connectivity index (χ0v) is 21.8. The van der Waals surface area contributed by atoms with Crippen LogP contribution in [0.5, 0.6) is 0 Å². The highest BCUT2D eigenvalue weighted by molar-refractivity contribution is 7.17. The Bertz CT molecular complexity index is 1220. The lowest BCUT2D eigenvalue weighted by atomic mass is 10.0. The summed E-state index contributed by atoms with van der Waals surface area (Å²) >= 11 is 1.40. The van der Waals surface area contributed by atoms with Crippen LogP contribution < -0.4 is 10.2 Å². The van der Waals surface area contributed by atoms with E-state index in [1.807, 2.05) is 32.3 Å². The minimum Gasteiger partial charge on any atom is -0.475 e. The molecule has 0 unspecified atom stereocenters. The first-order valence-electron chi connectivity index (χ1n) is 11.9. The molecule has 4 rings (SSSR count). The first-order valence-corrected chi connectivity index (χ1v) is 12.7. The number of halogens is 4. The Balaban J connectivity index is 0.000000505. The molecule has 0 spiro atoms. The first-order chi connectivity index (χ1) is 17.9. The van der Waals surface area contributed by atoms with E-state index in [-0.39, 0.29) is 17.8 Å². The smallest absolute Gasteiger partial charge is 0.475 e. The summed E-state index contributed by atoms with van der Waals surface area (Å²) in [5, 5.41) is 10.3. The number of amides is 1. The number of nitrogens with zero attached hydrogens (tertiary/aromatic N) is 2. The van der Waals surface area contributed by atoms with Crippen molar-refractivity contribution in [2.24, 2.45) is 0 Å². The number of rotatable bonds is 6. The summed E-state index contributed by atoms with van der Waals surface area (Å²) in [5.41, 5.74) is 3.33. The molecule has 1 fully saturated rings. The van der Waals surface area contributed by atoms with Crippen LogP contribution in [0.25, 0.3) is 10.4 Å². The van der Waals surface area contributed by atoms with Crippen molar-refractivity contribution in [3.63, 3.8) is 0 Å². The Morgan fingerprint density at radius 2 is 1.68 bits per heavy atom. The molecule has 204 valence electrons. The number of alkyl halides is 3. The molecule has 3 aromatic rings. The number of carboxylic acids is 1. The minimum absolute atomic E-state index is 0.0367. The summed E-state index contributed by atoms with van der Waals surface area (Å²) in [4.78, 5) is 27.7. The van der Waals surface area contributed by atoms with Crippen molar-refractivity contribution in [1.29, 1.82) is 0 Å². The van der Waals surface area contributed by atoms with Crippen LogP contribution in [0.2, 0.25) is 0 Å². The molecule has 0 saturated carbocycles. The normalized spacial score (nSPS) is 14.4. The van der Waals surface area contributed by atoms with Crippen molar-refractivity contribution in [2.45, 2.75) is 31.6 Å². The van der Waals surface area contributed by atoms with Crippen LogP contribution in [0.1, 0.15) is 28.1 Å². The summed E-state index contributed by atoms with van der Waals surface area (Å²) in [6, 6.07) is 19.1. The Morgan fingerprint density at radius 1 is 1.05 bits per heavy atom. The van der Waals surface area contributed by atoms with Gasteiger partial charge in [0.25, 0.3) is 5.91 Å². The van der Waals surface area contributed by atoms with E-state index in [2.05, 4.69) is 39.4 Å². The molecule has 11 heteroatoms. The Hall–Kier alpha value is -3.44. The lowest BCUT2D eigenvalue weighted by molar-refractivity contribution is -0.192. The fraction of sp³-hybridized carbons (Fsp3) is 0.333. The Morgan fingerprint density at radius 3 is 2.24 bits per heavy atom. The van der Waals surface area contributed by atoms with Gasteiger partial charge >= 0.3 is 12.1 Å². The van der Waals surface area contributed by atoms with Crippen molar-refractivity contribution in [1.82, 2.24) is 10.2 Å². The number of hydrogen-bond donors (Lipinski definition) is 2. The number of likely N-dealkylation sites (tertiary alicyclic amines) is 1. The number of thiophene rings is 1. The summed E-state index contributed by atoms with van der Waals surface area (Å²) in [5.74, 6) is -3.06. The number of carbonyl (C=O) groups excluding carboxylic acids is 1. The average molecular weight is 552 g/mol. The van der Waals surface area contributed by atoms with Gasteiger partial charge in [-0.25, -0.2) is 9.18 Å². The molecule has 2 N–H and O–H groups in total. The molecule has 0 aliphatic carbocycles. The molecule has 1 aliphatic rings. The predicted molar refractivity (Wildman–Crippen MR) is 140 cm³/mol. The lowest BCUT2D eigenvalue weighted by Crippen LogP contribution is -2.44. The molecular formula is C27H29F4N3O3S. The number of aliphatic carboxylic acids is 1. The number of anilines is 1. The third-order valence-electron chi connectivity index (χ3n) is 5.96. The van der Waals surface area contributed by atoms with E-state index in [1.165, 1.54) is 34.7 Å². The standard InChI is InChI=1S/C25H28FN3OS.C2HF3O2/c1-28(2)22-8-6-18(7-9-22)17-29-14-12-21(13-15-29)27-25(30)24-11-10-23(31-24)19-4-3-5-20(26)16-19;3-2(4,5)1(6)7/h3-11,16,21H,12-15,17H2,1-2H3,(H,27,30);(H,6,7). The second kappa shape index (κ2) is 12.9. The van der Waals surface area contributed by atoms with Gasteiger partial charge in [-0.3, -0.25) is 9.69 Å². The molecule has 1 saturated heterocycles.